The van der Waals surface area contributed by atoms with Crippen molar-refractivity contribution in [3.05, 3.63) is 35.6 Å². The molecule has 0 saturated carbocycles. The van der Waals surface area contributed by atoms with Crippen molar-refractivity contribution < 1.29 is 9.15 Å². The predicted octanol–water partition coefficient (Wildman–Crippen LogP) is 2.52. The summed E-state index contributed by atoms with van der Waals surface area (Å²) >= 11 is 0. The SMILES string of the molecule is CNCc1c(CN2CC3CCC(C2)O3)oc2ccccc12. The van der Waals surface area contributed by atoms with Crippen LogP contribution in [0, 0.1) is 0 Å². The van der Waals surface area contributed by atoms with Crippen LogP contribution in [-0.2, 0) is 17.8 Å². The zero-order valence-electron chi connectivity index (χ0n) is 12.5. The Hall–Kier alpha value is -1.36. The fourth-order valence-corrected chi connectivity index (χ4v) is 3.68. The number of hydrogen-bond donors (Lipinski definition) is 1. The zero-order chi connectivity index (χ0) is 14.2. The van der Waals surface area contributed by atoms with Crippen LogP contribution in [0.25, 0.3) is 11.0 Å². The molecule has 0 amide bonds. The van der Waals surface area contributed by atoms with Crippen LogP contribution in [0.5, 0.6) is 0 Å². The molecule has 2 fully saturated rings. The second-order valence-electron chi connectivity index (χ2n) is 6.18. The molecule has 1 aromatic carbocycles. The molecule has 0 aliphatic carbocycles. The van der Waals surface area contributed by atoms with E-state index in [9.17, 15) is 0 Å². The first-order valence-electron chi connectivity index (χ1n) is 7.85. The maximum absolute atomic E-state index is 6.12. The van der Waals surface area contributed by atoms with Crippen molar-refractivity contribution in [1.82, 2.24) is 10.2 Å². The van der Waals surface area contributed by atoms with Crippen LogP contribution in [0.1, 0.15) is 24.2 Å². The quantitative estimate of drug-likeness (QED) is 0.937. The van der Waals surface area contributed by atoms with Crippen molar-refractivity contribution in [2.45, 2.75) is 38.1 Å². The van der Waals surface area contributed by atoms with Crippen LogP contribution in [0.3, 0.4) is 0 Å². The molecule has 0 spiro atoms. The zero-order valence-corrected chi connectivity index (χ0v) is 12.5. The standard InChI is InChI=1S/C17H22N2O2/c1-18-8-15-14-4-2-3-5-16(14)21-17(15)11-19-9-12-6-7-13(10-19)20-12/h2-5,12-13,18H,6-11H2,1H3. The topological polar surface area (TPSA) is 37.6 Å². The van der Waals surface area contributed by atoms with Gasteiger partial charge in [-0.2, -0.15) is 0 Å². The highest BCUT2D eigenvalue weighted by Gasteiger charge is 2.34. The fraction of sp³-hybridized carbons (Fsp3) is 0.529. The highest BCUT2D eigenvalue weighted by atomic mass is 16.5. The largest absolute Gasteiger partial charge is 0.459 e. The molecule has 4 rings (SSSR count). The van der Waals surface area contributed by atoms with Crippen LogP contribution >= 0.6 is 0 Å². The van der Waals surface area contributed by atoms with E-state index < -0.39 is 0 Å². The Morgan fingerprint density at radius 1 is 1.19 bits per heavy atom. The Balaban J connectivity index is 1.61. The number of morpholine rings is 1. The van der Waals surface area contributed by atoms with Gasteiger partial charge in [0.05, 0.1) is 18.8 Å². The van der Waals surface area contributed by atoms with Gasteiger partial charge in [0, 0.05) is 30.6 Å². The lowest BCUT2D eigenvalue weighted by Gasteiger charge is -2.31. The van der Waals surface area contributed by atoms with E-state index in [4.69, 9.17) is 9.15 Å². The molecule has 4 heteroatoms. The third-order valence-electron chi connectivity index (χ3n) is 4.62. The Bertz CT molecular complexity index is 625. The molecule has 4 nitrogen and oxygen atoms in total. The van der Waals surface area contributed by atoms with Crippen molar-refractivity contribution >= 4 is 11.0 Å². The predicted molar refractivity (Wildman–Crippen MR) is 82.1 cm³/mol. The monoisotopic (exact) mass is 286 g/mol. The summed E-state index contributed by atoms with van der Waals surface area (Å²) in [7, 11) is 1.99. The lowest BCUT2D eigenvalue weighted by atomic mass is 10.1. The molecule has 2 aromatic rings. The molecule has 2 atom stereocenters. The van der Waals surface area contributed by atoms with E-state index in [2.05, 4.69) is 28.4 Å². The normalized spacial score (nSPS) is 25.8. The van der Waals surface area contributed by atoms with Crippen molar-refractivity contribution in [1.29, 1.82) is 0 Å². The van der Waals surface area contributed by atoms with Crippen molar-refractivity contribution in [2.75, 3.05) is 20.1 Å². The van der Waals surface area contributed by atoms with Crippen LogP contribution in [0.4, 0.5) is 0 Å². The summed E-state index contributed by atoms with van der Waals surface area (Å²) in [6.45, 7) is 3.81. The second-order valence-corrected chi connectivity index (χ2v) is 6.18. The molecule has 2 aliphatic rings. The number of rotatable bonds is 4. The average Bonchev–Trinajstić information content (AvgIpc) is 3.00. The van der Waals surface area contributed by atoms with E-state index in [1.165, 1.54) is 23.8 Å². The van der Waals surface area contributed by atoms with Gasteiger partial charge in [-0.25, -0.2) is 0 Å². The summed E-state index contributed by atoms with van der Waals surface area (Å²) in [5.74, 6) is 1.10. The van der Waals surface area contributed by atoms with Gasteiger partial charge >= 0.3 is 0 Å². The number of fused-ring (bicyclic) bond motifs is 3. The summed E-state index contributed by atoms with van der Waals surface area (Å²) in [5.41, 5.74) is 2.29. The van der Waals surface area contributed by atoms with Crippen molar-refractivity contribution in [3.8, 4) is 0 Å². The fourth-order valence-electron chi connectivity index (χ4n) is 3.68. The summed E-state index contributed by atoms with van der Waals surface area (Å²) in [5, 5.41) is 4.50. The van der Waals surface area contributed by atoms with Gasteiger partial charge in [-0.1, -0.05) is 18.2 Å². The molecule has 2 unspecified atom stereocenters. The average molecular weight is 286 g/mol. The van der Waals surface area contributed by atoms with E-state index >= 15 is 0 Å². The molecule has 2 saturated heterocycles. The summed E-state index contributed by atoms with van der Waals surface area (Å²) in [6, 6.07) is 8.32. The minimum atomic E-state index is 0.431. The number of nitrogens with one attached hydrogen (secondary N) is 1. The molecule has 3 heterocycles. The third kappa shape index (κ3) is 2.48. The van der Waals surface area contributed by atoms with Gasteiger partial charge in [-0.05, 0) is 26.0 Å². The van der Waals surface area contributed by atoms with Crippen molar-refractivity contribution in [2.24, 2.45) is 0 Å². The molecule has 112 valence electrons. The first-order chi connectivity index (χ1) is 10.3. The molecular formula is C17H22N2O2. The van der Waals surface area contributed by atoms with Gasteiger partial charge in [0.15, 0.2) is 0 Å². The number of furan rings is 1. The van der Waals surface area contributed by atoms with Crippen molar-refractivity contribution in [3.63, 3.8) is 0 Å². The molecule has 2 bridgehead atoms. The van der Waals surface area contributed by atoms with Gasteiger partial charge in [0.2, 0.25) is 0 Å². The van der Waals surface area contributed by atoms with E-state index in [-0.39, 0.29) is 0 Å². The molecule has 0 radical (unpaired) electrons. The van der Waals surface area contributed by atoms with Gasteiger partial charge in [0.25, 0.3) is 0 Å². The number of hydrogen-bond acceptors (Lipinski definition) is 4. The van der Waals surface area contributed by atoms with E-state index in [1.54, 1.807) is 0 Å². The molecule has 2 aliphatic heterocycles. The van der Waals surface area contributed by atoms with E-state index in [0.29, 0.717) is 12.2 Å². The third-order valence-corrected chi connectivity index (χ3v) is 4.62. The Morgan fingerprint density at radius 3 is 2.71 bits per heavy atom. The maximum Gasteiger partial charge on any atom is 0.134 e. The number of ether oxygens (including phenoxy) is 1. The van der Waals surface area contributed by atoms with Gasteiger partial charge in [-0.15, -0.1) is 0 Å². The molecular weight excluding hydrogens is 264 g/mol. The van der Waals surface area contributed by atoms with Crippen LogP contribution in [0.2, 0.25) is 0 Å². The number of likely N-dealkylation sites (tertiary alicyclic amines) is 1. The van der Waals surface area contributed by atoms with Gasteiger partial charge < -0.3 is 14.5 Å². The molecule has 1 N–H and O–H groups in total. The van der Waals surface area contributed by atoms with E-state index in [0.717, 1.165) is 37.5 Å². The van der Waals surface area contributed by atoms with Crippen LogP contribution in [-0.4, -0.2) is 37.2 Å². The first kappa shape index (κ1) is 13.3. The maximum atomic E-state index is 6.12. The minimum Gasteiger partial charge on any atom is -0.459 e. The molecule has 1 aromatic heterocycles. The summed E-state index contributed by atoms with van der Waals surface area (Å²) in [4.78, 5) is 2.49. The lowest BCUT2D eigenvalue weighted by Crippen LogP contribution is -2.42. The van der Waals surface area contributed by atoms with Crippen LogP contribution < -0.4 is 5.32 Å². The molecule has 21 heavy (non-hydrogen) atoms. The van der Waals surface area contributed by atoms with Gasteiger partial charge in [-0.3, -0.25) is 4.90 Å². The van der Waals surface area contributed by atoms with E-state index in [1.807, 2.05) is 13.1 Å². The summed E-state index contributed by atoms with van der Waals surface area (Å²) in [6.07, 6.45) is 3.29. The first-order valence-corrected chi connectivity index (χ1v) is 7.85. The highest BCUT2D eigenvalue weighted by molar-refractivity contribution is 5.82. The number of nitrogens with zero attached hydrogens (tertiary/aromatic N) is 1. The minimum absolute atomic E-state index is 0.431. The summed E-state index contributed by atoms with van der Waals surface area (Å²) < 4.78 is 12.0. The lowest BCUT2D eigenvalue weighted by molar-refractivity contribution is -0.0427. The van der Waals surface area contributed by atoms with Crippen LogP contribution in [0.15, 0.2) is 28.7 Å². The highest BCUT2D eigenvalue weighted by Crippen LogP contribution is 2.30. The number of benzene rings is 1. The van der Waals surface area contributed by atoms with Gasteiger partial charge in [0.1, 0.15) is 11.3 Å². The Kier molecular flexibility index (Phi) is 3.45. The Labute approximate surface area is 125 Å². The number of para-hydroxylation sites is 1. The smallest absolute Gasteiger partial charge is 0.134 e. The second kappa shape index (κ2) is 5.44. The Morgan fingerprint density at radius 2 is 1.95 bits per heavy atom.